The van der Waals surface area contributed by atoms with E-state index < -0.39 is 23.2 Å². The smallest absolute Gasteiger partial charge is 0.273 e. The molecule has 1 N–H and O–H groups in total. The summed E-state index contributed by atoms with van der Waals surface area (Å²) in [5.74, 6) is -2.59. The number of rotatable bonds is 4. The summed E-state index contributed by atoms with van der Waals surface area (Å²) in [5.41, 5.74) is 0.753. The average Bonchev–Trinajstić information content (AvgIpc) is 3.02. The molecule has 1 amide bonds. The van der Waals surface area contributed by atoms with Crippen molar-refractivity contribution >= 4 is 17.2 Å². The lowest BCUT2D eigenvalue weighted by Gasteiger charge is -2.03. The lowest BCUT2D eigenvalue weighted by molar-refractivity contribution is 0.0941. The maximum Gasteiger partial charge on any atom is 0.273 e. The number of hydrogen-bond acceptors (Lipinski definition) is 6. The Labute approximate surface area is 133 Å². The molecule has 116 valence electrons. The normalized spacial score (nSPS) is 10.5. The van der Waals surface area contributed by atoms with Crippen molar-refractivity contribution in [2.45, 2.75) is 6.54 Å². The molecule has 0 unspecified atom stereocenters. The van der Waals surface area contributed by atoms with E-state index in [4.69, 9.17) is 0 Å². The van der Waals surface area contributed by atoms with E-state index in [1.165, 1.54) is 11.3 Å². The van der Waals surface area contributed by atoms with E-state index in [0.717, 1.165) is 6.20 Å². The molecule has 3 aromatic heterocycles. The van der Waals surface area contributed by atoms with Crippen LogP contribution in [0.2, 0.25) is 0 Å². The van der Waals surface area contributed by atoms with Crippen LogP contribution in [-0.2, 0) is 6.54 Å². The van der Waals surface area contributed by atoms with Gasteiger partial charge in [-0.2, -0.15) is 0 Å². The summed E-state index contributed by atoms with van der Waals surface area (Å²) in [6.45, 7) is 0.0914. The number of aromatic nitrogens is 4. The average molecular weight is 333 g/mol. The SMILES string of the molecule is O=C(NCc1csc(-c2cnccn2)n1)c1ncc(F)cc1F. The number of carbonyl (C=O) groups is 1. The minimum absolute atomic E-state index is 0.0914. The fourth-order valence-electron chi connectivity index (χ4n) is 1.75. The highest BCUT2D eigenvalue weighted by atomic mass is 32.1. The number of pyridine rings is 1. The van der Waals surface area contributed by atoms with E-state index in [1.807, 2.05) is 0 Å². The molecule has 0 saturated carbocycles. The summed E-state index contributed by atoms with van der Waals surface area (Å²) in [6, 6.07) is 0.608. The Hall–Kier alpha value is -2.81. The standard InChI is InChI=1S/C14H9F2N5OS/c15-8-3-10(16)12(19-4-8)13(22)20-5-9-7-23-14(21-9)11-6-17-1-2-18-11/h1-4,6-7H,5H2,(H,20,22). The van der Waals surface area contributed by atoms with Crippen molar-refractivity contribution in [2.75, 3.05) is 0 Å². The van der Waals surface area contributed by atoms with Gasteiger partial charge in [-0.15, -0.1) is 11.3 Å². The number of halogens is 2. The summed E-state index contributed by atoms with van der Waals surface area (Å²) in [4.78, 5) is 27.7. The molecule has 6 nitrogen and oxygen atoms in total. The highest BCUT2D eigenvalue weighted by Crippen LogP contribution is 2.20. The van der Waals surface area contributed by atoms with Gasteiger partial charge >= 0.3 is 0 Å². The van der Waals surface area contributed by atoms with Crippen LogP contribution in [0.15, 0.2) is 36.2 Å². The highest BCUT2D eigenvalue weighted by Gasteiger charge is 2.15. The minimum Gasteiger partial charge on any atom is -0.345 e. The fourth-order valence-corrected chi connectivity index (χ4v) is 2.53. The molecule has 23 heavy (non-hydrogen) atoms. The van der Waals surface area contributed by atoms with Crippen LogP contribution >= 0.6 is 11.3 Å². The van der Waals surface area contributed by atoms with Crippen LogP contribution < -0.4 is 5.32 Å². The van der Waals surface area contributed by atoms with Gasteiger partial charge in [0.15, 0.2) is 11.5 Å². The summed E-state index contributed by atoms with van der Waals surface area (Å²) in [6.07, 6.45) is 5.48. The summed E-state index contributed by atoms with van der Waals surface area (Å²) >= 11 is 1.35. The predicted molar refractivity (Wildman–Crippen MR) is 78.5 cm³/mol. The molecule has 9 heteroatoms. The Morgan fingerprint density at radius 2 is 2.09 bits per heavy atom. The molecule has 0 aliphatic rings. The Morgan fingerprint density at radius 1 is 1.22 bits per heavy atom. The first-order valence-corrected chi connectivity index (χ1v) is 7.31. The largest absolute Gasteiger partial charge is 0.345 e. The first-order chi connectivity index (χ1) is 11.1. The molecule has 0 aliphatic carbocycles. The van der Waals surface area contributed by atoms with Gasteiger partial charge in [-0.1, -0.05) is 0 Å². The van der Waals surface area contributed by atoms with Crippen LogP contribution in [0, 0.1) is 11.6 Å². The first-order valence-electron chi connectivity index (χ1n) is 6.43. The van der Waals surface area contributed by atoms with Crippen molar-refractivity contribution < 1.29 is 13.6 Å². The van der Waals surface area contributed by atoms with Crippen molar-refractivity contribution in [1.82, 2.24) is 25.3 Å². The molecule has 3 rings (SSSR count). The lowest BCUT2D eigenvalue weighted by Crippen LogP contribution is -2.25. The highest BCUT2D eigenvalue weighted by molar-refractivity contribution is 7.13. The van der Waals surface area contributed by atoms with Gasteiger partial charge in [0.25, 0.3) is 5.91 Å². The quantitative estimate of drug-likeness (QED) is 0.792. The molecule has 3 aromatic rings. The second kappa shape index (κ2) is 6.53. The van der Waals surface area contributed by atoms with E-state index in [9.17, 15) is 13.6 Å². The number of nitrogens with zero attached hydrogens (tertiary/aromatic N) is 4. The first kappa shape index (κ1) is 15.1. The molecular weight excluding hydrogens is 324 g/mol. The summed E-state index contributed by atoms with van der Waals surface area (Å²) in [5, 5.41) is 4.89. The van der Waals surface area contributed by atoms with Crippen LogP contribution in [0.3, 0.4) is 0 Å². The zero-order valence-corrected chi connectivity index (χ0v) is 12.3. The molecular formula is C14H9F2N5OS. The number of amides is 1. The third kappa shape index (κ3) is 3.51. The van der Waals surface area contributed by atoms with E-state index in [1.54, 1.807) is 24.0 Å². The molecule has 0 aromatic carbocycles. The van der Waals surface area contributed by atoms with Gasteiger partial charge in [-0.3, -0.25) is 14.8 Å². The molecule has 0 atom stereocenters. The van der Waals surface area contributed by atoms with Crippen molar-refractivity contribution in [3.63, 3.8) is 0 Å². The second-order valence-electron chi connectivity index (χ2n) is 4.40. The Kier molecular flexibility index (Phi) is 4.29. The third-order valence-electron chi connectivity index (χ3n) is 2.79. The zero-order valence-electron chi connectivity index (χ0n) is 11.5. The van der Waals surface area contributed by atoms with Gasteiger partial charge < -0.3 is 5.32 Å². The number of thiazole rings is 1. The van der Waals surface area contributed by atoms with Crippen molar-refractivity contribution in [1.29, 1.82) is 0 Å². The van der Waals surface area contributed by atoms with Crippen LogP contribution in [0.25, 0.3) is 10.7 Å². The Morgan fingerprint density at radius 3 is 2.83 bits per heavy atom. The molecule has 3 heterocycles. The molecule has 0 fully saturated rings. The van der Waals surface area contributed by atoms with E-state index >= 15 is 0 Å². The topological polar surface area (TPSA) is 80.7 Å². The Bertz CT molecular complexity index is 840. The number of carbonyl (C=O) groups excluding carboxylic acids is 1. The maximum atomic E-state index is 13.5. The van der Waals surface area contributed by atoms with Crippen LogP contribution in [0.1, 0.15) is 16.2 Å². The zero-order chi connectivity index (χ0) is 16.2. The monoisotopic (exact) mass is 333 g/mol. The van der Waals surface area contributed by atoms with Gasteiger partial charge in [-0.05, 0) is 0 Å². The van der Waals surface area contributed by atoms with Crippen LogP contribution in [-0.4, -0.2) is 25.8 Å². The molecule has 0 bridgehead atoms. The van der Waals surface area contributed by atoms with Crippen molar-refractivity contribution in [2.24, 2.45) is 0 Å². The van der Waals surface area contributed by atoms with Gasteiger partial charge in [0.2, 0.25) is 0 Å². The van der Waals surface area contributed by atoms with Crippen molar-refractivity contribution in [3.05, 3.63) is 59.3 Å². The number of nitrogens with one attached hydrogen (secondary N) is 1. The van der Waals surface area contributed by atoms with Gasteiger partial charge in [0.05, 0.1) is 24.6 Å². The predicted octanol–water partition coefficient (Wildman–Crippen LogP) is 2.20. The van der Waals surface area contributed by atoms with Crippen LogP contribution in [0.5, 0.6) is 0 Å². The summed E-state index contributed by atoms with van der Waals surface area (Å²) < 4.78 is 26.2. The van der Waals surface area contributed by atoms with Crippen molar-refractivity contribution in [3.8, 4) is 10.7 Å². The second-order valence-corrected chi connectivity index (χ2v) is 5.26. The summed E-state index contributed by atoms with van der Waals surface area (Å²) in [7, 11) is 0. The molecule has 0 spiro atoms. The van der Waals surface area contributed by atoms with Gasteiger partial charge in [0, 0.05) is 23.8 Å². The third-order valence-corrected chi connectivity index (χ3v) is 3.70. The molecule has 0 saturated heterocycles. The Balaban J connectivity index is 1.67. The fraction of sp³-hybridized carbons (Fsp3) is 0.0714. The minimum atomic E-state index is -1.01. The maximum absolute atomic E-state index is 13.5. The van der Waals surface area contributed by atoms with Crippen LogP contribution in [0.4, 0.5) is 8.78 Å². The van der Waals surface area contributed by atoms with Gasteiger partial charge in [0.1, 0.15) is 16.5 Å². The molecule has 0 radical (unpaired) electrons. The van der Waals surface area contributed by atoms with E-state index in [-0.39, 0.29) is 6.54 Å². The molecule has 0 aliphatic heterocycles. The number of hydrogen-bond donors (Lipinski definition) is 1. The van der Waals surface area contributed by atoms with Gasteiger partial charge in [-0.25, -0.2) is 18.7 Å². The lowest BCUT2D eigenvalue weighted by atomic mass is 10.3. The van der Waals surface area contributed by atoms with E-state index in [0.29, 0.717) is 22.5 Å². The van der Waals surface area contributed by atoms with E-state index in [2.05, 4.69) is 25.3 Å².